The Kier molecular flexibility index (Phi) is 48.2. The van der Waals surface area contributed by atoms with Crippen molar-refractivity contribution in [2.75, 3.05) is 58.1 Å². The van der Waals surface area contributed by atoms with Gasteiger partial charge < -0.3 is 110 Å². The second-order valence-electron chi connectivity index (χ2n) is 30.6. The number of primary amides is 2. The highest BCUT2D eigenvalue weighted by Gasteiger charge is 2.40. The Balaban J connectivity index is 1.30. The number of amides is 16. The van der Waals surface area contributed by atoms with Gasteiger partial charge in [0.25, 0.3) is 5.91 Å². The first kappa shape index (κ1) is 105. The lowest BCUT2D eigenvalue weighted by molar-refractivity contribution is -0.159. The van der Waals surface area contributed by atoms with E-state index in [1.165, 1.54) is 22.4 Å². The topological polar surface area (TPSA) is 621 Å². The number of aliphatic carboxylic acids is 3. The summed E-state index contributed by atoms with van der Waals surface area (Å²) < 4.78 is 10.9. The summed E-state index contributed by atoms with van der Waals surface area (Å²) >= 11 is 1.000. The molecule has 12 atom stereocenters. The average Bonchev–Trinajstić information content (AvgIpc) is 1.07. The highest BCUT2D eigenvalue weighted by molar-refractivity contribution is 8.76. The minimum atomic E-state index is -1.55. The van der Waals surface area contributed by atoms with Crippen LogP contribution in [0.3, 0.4) is 0 Å². The number of hydrazine groups is 1. The Morgan fingerprint density at radius 2 is 1.26 bits per heavy atom. The van der Waals surface area contributed by atoms with Crippen molar-refractivity contribution in [1.82, 2.24) is 84.1 Å². The lowest BCUT2D eigenvalue weighted by Gasteiger charge is -2.39. The molecular formula is C80H124N18O23S3. The first-order valence-electron chi connectivity index (χ1n) is 41.3. The van der Waals surface area contributed by atoms with E-state index < -0.39 is 163 Å². The third kappa shape index (κ3) is 41.0. The average molecular weight is 1800 g/mol. The summed E-state index contributed by atoms with van der Waals surface area (Å²) in [5.74, 6) is -10.8. The van der Waals surface area contributed by atoms with E-state index >= 15 is 0 Å². The molecule has 4 rings (SSSR count). The molecular weight excluding hydrogens is 1680 g/mol. The van der Waals surface area contributed by atoms with Gasteiger partial charge in [-0.1, -0.05) is 112 Å². The van der Waals surface area contributed by atoms with Crippen LogP contribution in [0.2, 0.25) is 0 Å². The number of carbonyl (C=O) groups excluding carboxylic acids is 13. The van der Waals surface area contributed by atoms with Crippen molar-refractivity contribution in [2.24, 2.45) is 29.2 Å². The Bertz CT molecular complexity index is 3980. The number of likely N-dealkylation sites (tertiary alicyclic amines) is 1. The van der Waals surface area contributed by atoms with Crippen molar-refractivity contribution in [3.05, 3.63) is 81.3 Å². The second-order valence-corrected chi connectivity index (χ2v) is 34.1. The first-order chi connectivity index (χ1) is 58.9. The summed E-state index contributed by atoms with van der Waals surface area (Å²) in [7, 11) is 3.92. The first-order valence-corrected chi connectivity index (χ1v) is 44.7. The number of aliphatic hydroxyl groups excluding tert-OH is 1. The number of unbranched alkanes of at least 4 members (excludes halogenated alkanes) is 1. The fourth-order valence-corrected chi connectivity index (χ4v) is 15.7. The lowest BCUT2D eigenvalue weighted by Crippen LogP contribution is -2.59. The van der Waals surface area contributed by atoms with E-state index in [0.717, 1.165) is 52.3 Å². The molecule has 0 bridgehead atoms. The van der Waals surface area contributed by atoms with E-state index in [9.17, 15) is 97.1 Å². The van der Waals surface area contributed by atoms with E-state index in [1.54, 1.807) is 50.2 Å². The van der Waals surface area contributed by atoms with Gasteiger partial charge in [-0.05, 0) is 145 Å². The van der Waals surface area contributed by atoms with E-state index in [0.29, 0.717) is 55.2 Å². The van der Waals surface area contributed by atoms with Gasteiger partial charge in [-0.2, -0.15) is 0 Å². The zero-order chi connectivity index (χ0) is 92.0. The molecule has 1 saturated heterocycles. The number of aromatic nitrogens is 1. The van der Waals surface area contributed by atoms with Crippen molar-refractivity contribution < 1.29 is 112 Å². The number of carbonyl (C=O) groups is 16. The van der Waals surface area contributed by atoms with Crippen LogP contribution in [0.1, 0.15) is 196 Å². The number of ether oxygens (including phenoxy) is 2. The predicted octanol–water partition coefficient (Wildman–Crippen LogP) is 3.60. The fourth-order valence-electron chi connectivity index (χ4n) is 13.0. The number of thiazole rings is 1. The number of nitrogens with one attached hydrogen (secondary N) is 13. The van der Waals surface area contributed by atoms with Crippen LogP contribution in [0.5, 0.6) is 5.75 Å². The predicted molar refractivity (Wildman–Crippen MR) is 460 cm³/mol. The number of rotatable bonds is 56. The van der Waals surface area contributed by atoms with E-state index in [1.807, 2.05) is 46.6 Å². The van der Waals surface area contributed by atoms with Crippen LogP contribution in [-0.4, -0.2) is 248 Å². The molecule has 0 radical (unpaired) electrons. The van der Waals surface area contributed by atoms with Crippen molar-refractivity contribution >= 4 is 128 Å². The number of carboxylic acid groups (broad SMARTS) is 3. The molecule has 41 nitrogen and oxygen atoms in total. The van der Waals surface area contributed by atoms with Gasteiger partial charge in [-0.3, -0.25) is 53.5 Å². The number of esters is 1. The smallest absolute Gasteiger partial charge is 0.426 e. The van der Waals surface area contributed by atoms with Gasteiger partial charge in [0, 0.05) is 86.4 Å². The summed E-state index contributed by atoms with van der Waals surface area (Å²) in [6.45, 7) is 12.9. The summed E-state index contributed by atoms with van der Waals surface area (Å²) in [6.07, 6.45) is 1.80. The van der Waals surface area contributed by atoms with Crippen LogP contribution in [0, 0.1) is 17.8 Å². The largest absolute Gasteiger partial charge is 0.508 e. The number of phenolic OH excluding ortho intramolecular Hbond substituents is 1. The molecule has 0 spiro atoms. The highest BCUT2D eigenvalue weighted by atomic mass is 33.1. The monoisotopic (exact) mass is 1800 g/mol. The molecule has 0 aliphatic carbocycles. The molecule has 1 unspecified atom stereocenters. The van der Waals surface area contributed by atoms with Crippen molar-refractivity contribution in [3.63, 3.8) is 0 Å². The Morgan fingerprint density at radius 1 is 0.637 bits per heavy atom. The molecule has 1 aliphatic heterocycles. The van der Waals surface area contributed by atoms with Crippen molar-refractivity contribution in [2.45, 2.75) is 237 Å². The quantitative estimate of drug-likeness (QED) is 0.0126. The van der Waals surface area contributed by atoms with Gasteiger partial charge in [0.15, 0.2) is 6.73 Å². The maximum atomic E-state index is 14.9. The number of urea groups is 4. The number of aliphatic hydroxyl groups is 1. The number of hydrogen-bond acceptors (Lipinski definition) is 25. The van der Waals surface area contributed by atoms with Gasteiger partial charge >= 0.3 is 54.1 Å². The number of nitrogens with zero attached hydrogens (tertiary/aromatic N) is 3. The molecule has 1 aliphatic rings. The van der Waals surface area contributed by atoms with Crippen molar-refractivity contribution in [1.29, 1.82) is 0 Å². The summed E-state index contributed by atoms with van der Waals surface area (Å²) in [5, 5.41) is 80.6. The molecule has 3 aromatic rings. The van der Waals surface area contributed by atoms with Crippen LogP contribution < -0.4 is 80.8 Å². The number of aromatic hydroxyl groups is 1. The Hall–Kier alpha value is -11.0. The molecule has 690 valence electrons. The summed E-state index contributed by atoms with van der Waals surface area (Å²) in [5.41, 5.74) is 16.7. The Morgan fingerprint density at radius 3 is 1.86 bits per heavy atom. The van der Waals surface area contributed by atoms with Crippen LogP contribution >= 0.6 is 32.9 Å². The van der Waals surface area contributed by atoms with Gasteiger partial charge in [-0.25, -0.2) is 44.0 Å². The lowest BCUT2D eigenvalue weighted by atomic mass is 9.92. The Labute approximate surface area is 732 Å². The van der Waals surface area contributed by atoms with Crippen LogP contribution in [-0.2, 0) is 76.8 Å². The molecule has 0 saturated carbocycles. The molecule has 124 heavy (non-hydrogen) atoms. The maximum absolute atomic E-state index is 14.9. The minimum Gasteiger partial charge on any atom is -0.508 e. The summed E-state index contributed by atoms with van der Waals surface area (Å²) in [4.78, 5) is 214. The minimum absolute atomic E-state index is 0.000511. The number of carboxylic acids is 3. The number of likely N-dealkylation sites (N-methyl/N-ethyl adjacent to an activating group) is 1. The second kappa shape index (κ2) is 56.7. The highest BCUT2D eigenvalue weighted by Crippen LogP contribution is 2.30. The number of phenols is 1. The molecule has 1 fully saturated rings. The van der Waals surface area contributed by atoms with Crippen LogP contribution in [0.4, 0.5) is 24.0 Å². The fraction of sp³-hybridized carbons (Fsp3) is 0.613. The molecule has 2 aromatic carbocycles. The molecule has 16 amide bonds. The number of hydrogen-bond donors (Lipinski definition) is 20. The zero-order valence-electron chi connectivity index (χ0n) is 71.3. The normalized spacial score (nSPS) is 15.2. The van der Waals surface area contributed by atoms with Gasteiger partial charge in [0.1, 0.15) is 59.4 Å². The molecule has 22 N–H and O–H groups in total. The number of nitrogens with two attached hydrogens (primary N) is 2. The molecule has 44 heteroatoms. The van der Waals surface area contributed by atoms with Gasteiger partial charge in [0.05, 0.1) is 12.5 Å². The number of piperidine rings is 1. The van der Waals surface area contributed by atoms with Crippen LogP contribution in [0.15, 0.2) is 53.9 Å². The standard InChI is InChI=1S/C80H124N18O23S3/c1-9-17-65(104)121-45-98(73(110)66(47(5)10-2)94-71(109)60-21-12-14-35-97(60)8)61(46(3)4)41-62(100)72-92-58(43-122-72)70(108)88-53(39-50-26-28-54(99)29-27-50)38-48(6)67(105)95-96-80(119)120-36-37-123-124-44-59(75(113)114)91-69(107)56(20-16-34-84-77(82)116)90-68(106)55(19-15-33-83-76(81)115)89-63(101)40-51-22-24-52(25-23-51)42-86-78(117)85-32-13-11-18-49(7)87-79(118)93-57(74(111)112)30-31-64(102)103/h22-29,43,46-49,53,55-57,59-62,66,99-100H,9-21,30-42,44-45H2,1-8H3,(H,88,108)(H,89,101)(H,90,106)(H,91,107)(H,94,109)(H,95,105)(H,96,119)(H,102,103)(H,111,112)(H,113,114)(H3,81,83,115)(H3,82,84,116)(H2,85,86,117)(H2,87,93,118)/t47?,48-,49+,53+,55-,56-,57-,59-,60+,61+,62+,66-/m0/s1. The van der Waals surface area contributed by atoms with Gasteiger partial charge in [-0.15, -0.1) is 11.3 Å². The number of benzene rings is 2. The van der Waals surface area contributed by atoms with Crippen molar-refractivity contribution in [3.8, 4) is 5.75 Å². The third-order valence-electron chi connectivity index (χ3n) is 20.1. The SMILES string of the molecule is CCCC(=O)OCN(C(=O)[C@@H](NC(=O)[C@H]1CCCCN1C)C(C)CC)[C@H](C[C@@H](O)c1nc(C(=O)N[C@@H](Cc2ccc(O)cc2)C[C@H](C)C(=O)NNC(=O)OCCSSC[C@H](NC(=O)[C@H](CCCNC(N)=O)NC(=O)[C@H](CCCNC(N)=O)NC(=O)Cc2ccc(CNC(=O)NCCCC[C@@H](C)NC(=O)N[C@@H](CCC(=O)O)C(=O)O)cc2)C(=O)O)cs1)C(C)C. The molecule has 1 aromatic heterocycles. The van der Waals surface area contributed by atoms with E-state index in [-0.39, 0.29) is 149 Å². The van der Waals surface area contributed by atoms with E-state index in [4.69, 9.17) is 26.0 Å². The van der Waals surface area contributed by atoms with E-state index in [2.05, 4.69) is 74.3 Å². The van der Waals surface area contributed by atoms with Crippen LogP contribution in [0.25, 0.3) is 0 Å². The maximum Gasteiger partial charge on any atom is 0.426 e. The summed E-state index contributed by atoms with van der Waals surface area (Å²) in [6, 6.07) is 0.838. The third-order valence-corrected chi connectivity index (χ3v) is 23.4. The van der Waals surface area contributed by atoms with Gasteiger partial charge in [0.2, 0.25) is 35.4 Å². The molecule has 2 heterocycles. The zero-order valence-corrected chi connectivity index (χ0v) is 73.8.